The highest BCUT2D eigenvalue weighted by molar-refractivity contribution is 5.85. The standard InChI is InChI=1S/C15H25N3O.C11H9FN2O3/c1-12-7-4-5-8-13(12)14(16)11-15(19)17-9-6-10-18(2)3;1-17-10-6-8(11(15)16)13-14(10)9-5-3-2-4-7(9)12/h4-5,7-8,14H,6,9-11,16H2,1-3H3,(H,17,19);2-6H,1H3,(H,15,16)/t14-;/m0./s1. The Balaban J connectivity index is 0.000000255. The highest BCUT2D eigenvalue weighted by atomic mass is 19.1. The number of ether oxygens (including phenoxy) is 1. The fourth-order valence-corrected chi connectivity index (χ4v) is 3.42. The molecule has 0 aliphatic heterocycles. The Morgan fingerprint density at radius 1 is 1.19 bits per heavy atom. The summed E-state index contributed by atoms with van der Waals surface area (Å²) in [5.41, 5.74) is 8.19. The summed E-state index contributed by atoms with van der Waals surface area (Å²) in [4.78, 5) is 24.7. The summed E-state index contributed by atoms with van der Waals surface area (Å²) in [5.74, 6) is -1.52. The SMILES string of the molecule is COc1cc(C(=O)O)nn1-c1ccccc1F.Cc1ccccc1[C@@H](N)CC(=O)NCCCN(C)C. The van der Waals surface area contributed by atoms with Crippen LogP contribution >= 0.6 is 0 Å². The Kier molecular flexibility index (Phi) is 11.0. The number of aromatic carboxylic acids is 1. The average Bonchev–Trinajstić information content (AvgIpc) is 3.27. The minimum atomic E-state index is -1.20. The van der Waals surface area contributed by atoms with E-state index in [1.165, 1.54) is 31.4 Å². The first kappa shape index (κ1) is 28.5. The third kappa shape index (κ3) is 8.47. The summed E-state index contributed by atoms with van der Waals surface area (Å²) in [6.07, 6.45) is 1.30. The van der Waals surface area contributed by atoms with E-state index in [4.69, 9.17) is 15.6 Å². The summed E-state index contributed by atoms with van der Waals surface area (Å²) in [7, 11) is 5.41. The average molecular weight is 500 g/mol. The minimum absolute atomic E-state index is 0.0227. The molecule has 1 atom stereocenters. The Bertz CT molecular complexity index is 1150. The zero-order valence-electron chi connectivity index (χ0n) is 21.1. The number of carbonyl (C=O) groups is 2. The van der Waals surface area contributed by atoms with E-state index >= 15 is 0 Å². The molecule has 4 N–H and O–H groups in total. The number of hydrogen-bond acceptors (Lipinski definition) is 6. The number of hydrogen-bond donors (Lipinski definition) is 3. The number of para-hydroxylation sites is 1. The van der Waals surface area contributed by atoms with E-state index in [9.17, 15) is 14.0 Å². The van der Waals surface area contributed by atoms with Crippen molar-refractivity contribution >= 4 is 11.9 Å². The predicted molar refractivity (Wildman–Crippen MR) is 136 cm³/mol. The van der Waals surface area contributed by atoms with Crippen LogP contribution in [-0.2, 0) is 4.79 Å². The molecule has 1 heterocycles. The number of nitrogens with two attached hydrogens (primary N) is 1. The van der Waals surface area contributed by atoms with Crippen molar-refractivity contribution in [3.8, 4) is 11.6 Å². The van der Waals surface area contributed by atoms with Crippen LogP contribution in [0, 0.1) is 12.7 Å². The van der Waals surface area contributed by atoms with E-state index in [0.29, 0.717) is 13.0 Å². The zero-order chi connectivity index (χ0) is 26.7. The van der Waals surface area contributed by atoms with E-state index in [1.54, 1.807) is 6.07 Å². The Labute approximate surface area is 210 Å². The molecule has 3 rings (SSSR count). The van der Waals surface area contributed by atoms with E-state index in [1.807, 2.05) is 45.3 Å². The second-order valence-electron chi connectivity index (χ2n) is 8.41. The Morgan fingerprint density at radius 2 is 1.86 bits per heavy atom. The molecule has 0 unspecified atom stereocenters. The molecular formula is C26H34FN5O4. The lowest BCUT2D eigenvalue weighted by molar-refractivity contribution is -0.121. The molecule has 194 valence electrons. The fourth-order valence-electron chi connectivity index (χ4n) is 3.42. The molecule has 1 amide bonds. The van der Waals surface area contributed by atoms with Crippen molar-refractivity contribution in [1.29, 1.82) is 0 Å². The first-order chi connectivity index (χ1) is 17.1. The summed E-state index contributed by atoms with van der Waals surface area (Å²) in [6.45, 7) is 3.70. The van der Waals surface area contributed by atoms with Crippen LogP contribution in [0.5, 0.6) is 5.88 Å². The van der Waals surface area contributed by atoms with Crippen LogP contribution in [0.2, 0.25) is 0 Å². The van der Waals surface area contributed by atoms with Crippen LogP contribution in [0.1, 0.15) is 40.5 Å². The van der Waals surface area contributed by atoms with Crippen LogP contribution in [-0.4, -0.2) is 66.0 Å². The molecule has 1 aromatic heterocycles. The Morgan fingerprint density at radius 3 is 2.47 bits per heavy atom. The van der Waals surface area contributed by atoms with Crippen LogP contribution in [0.15, 0.2) is 54.6 Å². The third-order valence-corrected chi connectivity index (χ3v) is 5.28. The van der Waals surface area contributed by atoms with Gasteiger partial charge in [-0.05, 0) is 57.2 Å². The number of methoxy groups -OCH3 is 1. The number of halogens is 1. The predicted octanol–water partition coefficient (Wildman–Crippen LogP) is 3.17. The van der Waals surface area contributed by atoms with E-state index < -0.39 is 11.8 Å². The highest BCUT2D eigenvalue weighted by Crippen LogP contribution is 2.21. The van der Waals surface area contributed by atoms with Gasteiger partial charge in [0.05, 0.1) is 7.11 Å². The first-order valence-corrected chi connectivity index (χ1v) is 11.5. The number of rotatable bonds is 10. The number of carboxylic acid groups (broad SMARTS) is 1. The second kappa shape index (κ2) is 14.0. The molecular weight excluding hydrogens is 465 g/mol. The smallest absolute Gasteiger partial charge is 0.356 e. The molecule has 0 saturated heterocycles. The fraction of sp³-hybridized carbons (Fsp3) is 0.346. The molecule has 2 aromatic carbocycles. The number of aromatic nitrogens is 2. The van der Waals surface area contributed by atoms with Gasteiger partial charge >= 0.3 is 5.97 Å². The molecule has 0 radical (unpaired) electrons. The van der Waals surface area contributed by atoms with Crippen LogP contribution in [0.3, 0.4) is 0 Å². The van der Waals surface area contributed by atoms with Crippen molar-refractivity contribution in [1.82, 2.24) is 20.0 Å². The number of nitrogens with zero attached hydrogens (tertiary/aromatic N) is 3. The van der Waals surface area contributed by atoms with Gasteiger partial charge in [0, 0.05) is 25.1 Å². The monoisotopic (exact) mass is 499 g/mol. The lowest BCUT2D eigenvalue weighted by Gasteiger charge is -2.15. The summed E-state index contributed by atoms with van der Waals surface area (Å²) in [6, 6.07) is 14.8. The summed E-state index contributed by atoms with van der Waals surface area (Å²) in [5, 5.41) is 15.5. The highest BCUT2D eigenvalue weighted by Gasteiger charge is 2.17. The second-order valence-corrected chi connectivity index (χ2v) is 8.41. The molecule has 0 aliphatic carbocycles. The maximum Gasteiger partial charge on any atom is 0.356 e. The van der Waals surface area contributed by atoms with Gasteiger partial charge in [0.1, 0.15) is 11.5 Å². The van der Waals surface area contributed by atoms with Gasteiger partial charge in [-0.3, -0.25) is 4.79 Å². The van der Waals surface area contributed by atoms with E-state index in [-0.39, 0.29) is 29.2 Å². The largest absolute Gasteiger partial charge is 0.481 e. The van der Waals surface area contributed by atoms with Crippen molar-refractivity contribution in [3.05, 3.63) is 77.2 Å². The lowest BCUT2D eigenvalue weighted by atomic mass is 9.99. The van der Waals surface area contributed by atoms with E-state index in [2.05, 4.69) is 15.3 Å². The number of aryl methyl sites for hydroxylation is 1. The van der Waals surface area contributed by atoms with Crippen molar-refractivity contribution in [3.63, 3.8) is 0 Å². The molecule has 0 aliphatic rings. The van der Waals surface area contributed by atoms with Gasteiger partial charge in [0.2, 0.25) is 11.8 Å². The number of amides is 1. The molecule has 0 spiro atoms. The van der Waals surface area contributed by atoms with Crippen molar-refractivity contribution in [2.75, 3.05) is 34.3 Å². The van der Waals surface area contributed by atoms with Crippen LogP contribution < -0.4 is 15.8 Å². The number of benzene rings is 2. The molecule has 0 saturated carbocycles. The molecule has 36 heavy (non-hydrogen) atoms. The quantitative estimate of drug-likeness (QED) is 0.366. The van der Waals surface area contributed by atoms with Gasteiger partial charge < -0.3 is 25.8 Å². The molecule has 0 bridgehead atoms. The summed E-state index contributed by atoms with van der Waals surface area (Å²) < 4.78 is 19.6. The number of carboxylic acids is 1. The third-order valence-electron chi connectivity index (χ3n) is 5.28. The van der Waals surface area contributed by atoms with Crippen LogP contribution in [0.4, 0.5) is 4.39 Å². The van der Waals surface area contributed by atoms with Gasteiger partial charge in [-0.15, -0.1) is 0 Å². The normalized spacial score (nSPS) is 11.4. The maximum absolute atomic E-state index is 13.5. The lowest BCUT2D eigenvalue weighted by Crippen LogP contribution is -2.30. The first-order valence-electron chi connectivity index (χ1n) is 11.5. The van der Waals surface area contributed by atoms with Gasteiger partial charge in [-0.2, -0.15) is 9.78 Å². The topological polar surface area (TPSA) is 123 Å². The van der Waals surface area contributed by atoms with Crippen LogP contribution in [0.25, 0.3) is 5.69 Å². The Hall–Kier alpha value is -3.76. The number of carbonyl (C=O) groups excluding carboxylic acids is 1. The summed E-state index contributed by atoms with van der Waals surface area (Å²) >= 11 is 0. The van der Waals surface area contributed by atoms with Gasteiger partial charge in [-0.1, -0.05) is 36.4 Å². The van der Waals surface area contributed by atoms with Gasteiger partial charge in [0.15, 0.2) is 5.69 Å². The van der Waals surface area contributed by atoms with Crippen molar-refractivity contribution in [2.24, 2.45) is 5.73 Å². The van der Waals surface area contributed by atoms with Crippen molar-refractivity contribution < 1.29 is 23.8 Å². The van der Waals surface area contributed by atoms with Gasteiger partial charge in [0.25, 0.3) is 0 Å². The molecule has 0 fully saturated rings. The maximum atomic E-state index is 13.5. The minimum Gasteiger partial charge on any atom is -0.481 e. The van der Waals surface area contributed by atoms with Gasteiger partial charge in [-0.25, -0.2) is 9.18 Å². The molecule has 9 nitrogen and oxygen atoms in total. The molecule has 10 heteroatoms. The molecule has 3 aromatic rings. The van der Waals surface area contributed by atoms with E-state index in [0.717, 1.165) is 28.8 Å². The number of nitrogens with one attached hydrogen (secondary N) is 1. The van der Waals surface area contributed by atoms with Crippen molar-refractivity contribution in [2.45, 2.75) is 25.8 Å². The zero-order valence-corrected chi connectivity index (χ0v) is 21.1.